The lowest BCUT2D eigenvalue weighted by atomic mass is 9.90. The number of aryl methyl sites for hydroxylation is 3. The van der Waals surface area contributed by atoms with Crippen LogP contribution in [0.15, 0.2) is 97.1 Å². The van der Waals surface area contributed by atoms with Crippen LogP contribution in [-0.4, -0.2) is 16.2 Å². The van der Waals surface area contributed by atoms with E-state index >= 15 is 0 Å². The Labute approximate surface area is 218 Å². The maximum Gasteiger partial charge on any atom is 0.121 e. The van der Waals surface area contributed by atoms with Crippen LogP contribution in [0.2, 0.25) is 5.02 Å². The molecule has 36 heavy (non-hydrogen) atoms. The van der Waals surface area contributed by atoms with Gasteiger partial charge in [-0.1, -0.05) is 84.4 Å². The second-order valence-corrected chi connectivity index (χ2v) is 9.67. The summed E-state index contributed by atoms with van der Waals surface area (Å²) >= 11 is 6.30. The van der Waals surface area contributed by atoms with Crippen molar-refractivity contribution in [3.05, 3.63) is 130 Å². The van der Waals surface area contributed by atoms with Crippen LogP contribution in [0.3, 0.4) is 0 Å². The summed E-state index contributed by atoms with van der Waals surface area (Å²) in [5.41, 5.74) is 6.80. The summed E-state index contributed by atoms with van der Waals surface area (Å²) in [6.45, 7) is 5.59. The lowest BCUT2D eigenvalue weighted by molar-refractivity contribution is 0.303. The summed E-state index contributed by atoms with van der Waals surface area (Å²) in [6.07, 6.45) is 1.95. The van der Waals surface area contributed by atoms with Crippen molar-refractivity contribution in [3.63, 3.8) is 0 Å². The Kier molecular flexibility index (Phi) is 7.39. The number of rotatable bonds is 9. The van der Waals surface area contributed by atoms with Crippen molar-refractivity contribution in [1.82, 2.24) is 9.55 Å². The minimum absolute atomic E-state index is 0.0658. The highest BCUT2D eigenvalue weighted by atomic mass is 35.5. The van der Waals surface area contributed by atoms with Gasteiger partial charge in [-0.3, -0.25) is 0 Å². The fraction of sp³-hybridized carbons (Fsp3) is 0.219. The van der Waals surface area contributed by atoms with Gasteiger partial charge in [0.1, 0.15) is 11.6 Å². The highest BCUT2D eigenvalue weighted by Gasteiger charge is 2.23. The third-order valence-corrected chi connectivity index (χ3v) is 7.26. The number of imidazole rings is 1. The molecular weight excluding hydrogens is 464 g/mol. The number of unbranched alkanes of at least 4 members (excludes halogenated alkanes) is 1. The molecule has 0 fully saturated rings. The maximum absolute atomic E-state index is 6.30. The zero-order valence-electron chi connectivity index (χ0n) is 20.8. The number of halogens is 1. The number of hydrogen-bond donors (Lipinski definition) is 0. The van der Waals surface area contributed by atoms with Gasteiger partial charge in [-0.05, 0) is 73.2 Å². The van der Waals surface area contributed by atoms with Crippen molar-refractivity contribution in [2.45, 2.75) is 39.2 Å². The van der Waals surface area contributed by atoms with Gasteiger partial charge in [0.05, 0.1) is 23.6 Å². The largest absolute Gasteiger partial charge is 0.494 e. The standard InChI is InChI=1S/C32H31ClN2O/c1-23-21-27(22-24(2)31(23)33)36-20-12-11-19-35-29-18-10-9-17-28(29)34-32(35)30(25-13-5-3-6-14-25)26-15-7-4-8-16-26/h3-10,13-18,21-22,30H,11-12,19-20H2,1-2H3. The molecule has 0 bridgehead atoms. The predicted molar refractivity (Wildman–Crippen MR) is 149 cm³/mol. The number of benzene rings is 4. The van der Waals surface area contributed by atoms with Gasteiger partial charge in [-0.15, -0.1) is 0 Å². The fourth-order valence-electron chi connectivity index (χ4n) is 4.88. The molecular formula is C32H31ClN2O. The van der Waals surface area contributed by atoms with E-state index in [1.807, 2.05) is 26.0 Å². The lowest BCUT2D eigenvalue weighted by Gasteiger charge is -2.20. The zero-order valence-corrected chi connectivity index (χ0v) is 21.6. The van der Waals surface area contributed by atoms with E-state index in [0.29, 0.717) is 6.61 Å². The summed E-state index contributed by atoms with van der Waals surface area (Å²) in [4.78, 5) is 5.16. The van der Waals surface area contributed by atoms with Gasteiger partial charge in [-0.25, -0.2) is 4.98 Å². The molecule has 1 heterocycles. The molecule has 182 valence electrons. The van der Waals surface area contributed by atoms with E-state index in [9.17, 15) is 0 Å². The molecule has 0 radical (unpaired) electrons. The fourth-order valence-corrected chi connectivity index (χ4v) is 4.99. The van der Waals surface area contributed by atoms with Crippen LogP contribution >= 0.6 is 11.6 Å². The van der Waals surface area contributed by atoms with Gasteiger partial charge >= 0.3 is 0 Å². The Morgan fingerprint density at radius 3 is 2.00 bits per heavy atom. The Morgan fingerprint density at radius 2 is 1.36 bits per heavy atom. The smallest absolute Gasteiger partial charge is 0.121 e. The van der Waals surface area contributed by atoms with E-state index in [2.05, 4.69) is 89.5 Å². The summed E-state index contributed by atoms with van der Waals surface area (Å²) in [5, 5.41) is 0.813. The molecule has 0 N–H and O–H groups in total. The molecule has 0 saturated heterocycles. The molecule has 3 nitrogen and oxygen atoms in total. The van der Waals surface area contributed by atoms with E-state index in [0.717, 1.165) is 52.6 Å². The van der Waals surface area contributed by atoms with Crippen molar-refractivity contribution >= 4 is 22.6 Å². The van der Waals surface area contributed by atoms with Crippen molar-refractivity contribution in [3.8, 4) is 5.75 Å². The van der Waals surface area contributed by atoms with Crippen molar-refractivity contribution in [2.75, 3.05) is 6.61 Å². The number of para-hydroxylation sites is 2. The topological polar surface area (TPSA) is 27.1 Å². The van der Waals surface area contributed by atoms with Crippen LogP contribution in [0.5, 0.6) is 5.75 Å². The van der Waals surface area contributed by atoms with Crippen LogP contribution < -0.4 is 4.74 Å². The number of fused-ring (bicyclic) bond motifs is 1. The van der Waals surface area contributed by atoms with Gasteiger partial charge in [-0.2, -0.15) is 0 Å². The molecule has 0 amide bonds. The SMILES string of the molecule is Cc1cc(OCCCCn2c(C(c3ccccc3)c3ccccc3)nc3ccccc32)cc(C)c1Cl. The first-order valence-corrected chi connectivity index (χ1v) is 12.9. The van der Waals surface area contributed by atoms with E-state index in [1.54, 1.807) is 0 Å². The van der Waals surface area contributed by atoms with Gasteiger partial charge in [0.2, 0.25) is 0 Å². The van der Waals surface area contributed by atoms with Crippen LogP contribution in [-0.2, 0) is 6.54 Å². The van der Waals surface area contributed by atoms with Crippen molar-refractivity contribution < 1.29 is 4.74 Å². The summed E-state index contributed by atoms with van der Waals surface area (Å²) in [7, 11) is 0. The zero-order chi connectivity index (χ0) is 24.9. The summed E-state index contributed by atoms with van der Waals surface area (Å²) in [6, 6.07) is 33.8. The molecule has 0 aliphatic carbocycles. The Bertz CT molecular complexity index is 1380. The lowest BCUT2D eigenvalue weighted by Crippen LogP contribution is -2.13. The molecule has 0 atom stereocenters. The summed E-state index contributed by atoms with van der Waals surface area (Å²) in [5.74, 6) is 2.03. The molecule has 0 unspecified atom stereocenters. The molecule has 0 saturated carbocycles. The highest BCUT2D eigenvalue weighted by Crippen LogP contribution is 2.33. The molecule has 0 spiro atoms. The number of aromatic nitrogens is 2. The number of nitrogens with zero attached hydrogens (tertiary/aromatic N) is 2. The molecule has 0 aliphatic heterocycles. The average Bonchev–Trinajstić information content (AvgIpc) is 3.26. The molecule has 1 aromatic heterocycles. The number of hydrogen-bond acceptors (Lipinski definition) is 2. The van der Waals surface area contributed by atoms with E-state index in [4.69, 9.17) is 21.3 Å². The Hall–Kier alpha value is -3.56. The van der Waals surface area contributed by atoms with E-state index < -0.39 is 0 Å². The Morgan fingerprint density at radius 1 is 0.778 bits per heavy atom. The van der Waals surface area contributed by atoms with Crippen LogP contribution in [0.25, 0.3) is 11.0 Å². The minimum Gasteiger partial charge on any atom is -0.494 e. The van der Waals surface area contributed by atoms with Crippen molar-refractivity contribution in [1.29, 1.82) is 0 Å². The minimum atomic E-state index is 0.0658. The predicted octanol–water partition coefficient (Wildman–Crippen LogP) is 8.35. The third kappa shape index (κ3) is 5.17. The molecule has 0 aliphatic rings. The first kappa shape index (κ1) is 24.1. The third-order valence-electron chi connectivity index (χ3n) is 6.66. The van der Waals surface area contributed by atoms with Crippen molar-refractivity contribution in [2.24, 2.45) is 0 Å². The van der Waals surface area contributed by atoms with Gasteiger partial charge in [0.25, 0.3) is 0 Å². The first-order valence-electron chi connectivity index (χ1n) is 12.6. The van der Waals surface area contributed by atoms with E-state index in [1.165, 1.54) is 16.6 Å². The Balaban J connectivity index is 1.39. The number of ether oxygens (including phenoxy) is 1. The molecule has 4 aromatic carbocycles. The second kappa shape index (κ2) is 11.0. The summed E-state index contributed by atoms with van der Waals surface area (Å²) < 4.78 is 8.46. The normalized spacial score (nSPS) is 11.3. The molecule has 5 rings (SSSR count). The quantitative estimate of drug-likeness (QED) is 0.192. The first-order chi connectivity index (χ1) is 17.6. The van der Waals surface area contributed by atoms with Gasteiger partial charge < -0.3 is 9.30 Å². The monoisotopic (exact) mass is 494 g/mol. The highest BCUT2D eigenvalue weighted by molar-refractivity contribution is 6.32. The molecule has 4 heteroatoms. The van der Waals surface area contributed by atoms with Crippen LogP contribution in [0, 0.1) is 13.8 Å². The van der Waals surface area contributed by atoms with E-state index in [-0.39, 0.29) is 5.92 Å². The second-order valence-electron chi connectivity index (χ2n) is 9.29. The van der Waals surface area contributed by atoms with Crippen LogP contribution in [0.1, 0.15) is 46.8 Å². The van der Waals surface area contributed by atoms with Gasteiger partial charge in [0.15, 0.2) is 0 Å². The molecule has 5 aromatic rings. The maximum atomic E-state index is 6.30. The van der Waals surface area contributed by atoms with Crippen LogP contribution in [0.4, 0.5) is 0 Å². The average molecular weight is 495 g/mol. The van der Waals surface area contributed by atoms with Gasteiger partial charge in [0, 0.05) is 11.6 Å².